The van der Waals surface area contributed by atoms with Gasteiger partial charge in [0, 0.05) is 33.5 Å². The summed E-state index contributed by atoms with van der Waals surface area (Å²) in [6.45, 7) is 5.33. The molecule has 108 valence electrons. The Bertz CT molecular complexity index is 451. The third kappa shape index (κ3) is 4.06. The molecule has 2 N–H and O–H groups in total. The maximum atomic E-state index is 11.3. The Balaban J connectivity index is 1.99. The van der Waals surface area contributed by atoms with Gasteiger partial charge in [0.15, 0.2) is 0 Å². The molecular weight excluding hydrogens is 254 g/mol. The first kappa shape index (κ1) is 14.5. The zero-order valence-corrected chi connectivity index (χ0v) is 11.9. The van der Waals surface area contributed by atoms with Crippen molar-refractivity contribution in [2.24, 2.45) is 0 Å². The Morgan fingerprint density at radius 2 is 1.55 bits per heavy atom. The van der Waals surface area contributed by atoms with Crippen LogP contribution in [0.3, 0.4) is 0 Å². The third-order valence-corrected chi connectivity index (χ3v) is 3.42. The van der Waals surface area contributed by atoms with Crippen LogP contribution in [-0.2, 0) is 16.1 Å². The molecule has 1 aromatic rings. The van der Waals surface area contributed by atoms with Crippen LogP contribution in [0, 0.1) is 0 Å². The fourth-order valence-electron chi connectivity index (χ4n) is 2.67. The van der Waals surface area contributed by atoms with Crippen molar-refractivity contribution in [3.8, 4) is 0 Å². The minimum Gasteiger partial charge on any atom is -0.350 e. The van der Waals surface area contributed by atoms with Gasteiger partial charge in [-0.05, 0) is 5.56 Å². The van der Waals surface area contributed by atoms with Crippen LogP contribution < -0.4 is 10.6 Å². The largest absolute Gasteiger partial charge is 0.350 e. The molecule has 20 heavy (non-hydrogen) atoms. The molecule has 0 spiro atoms. The lowest BCUT2D eigenvalue weighted by atomic mass is 10.1. The first-order valence-electron chi connectivity index (χ1n) is 6.85. The number of nitrogens with zero attached hydrogens (tertiary/aromatic N) is 1. The highest BCUT2D eigenvalue weighted by Gasteiger charge is 2.33. The zero-order chi connectivity index (χ0) is 14.5. The van der Waals surface area contributed by atoms with E-state index >= 15 is 0 Å². The molecule has 1 heterocycles. The second-order valence-corrected chi connectivity index (χ2v) is 5.29. The van der Waals surface area contributed by atoms with E-state index in [0.717, 1.165) is 19.6 Å². The lowest BCUT2D eigenvalue weighted by Crippen LogP contribution is -2.49. The van der Waals surface area contributed by atoms with Gasteiger partial charge in [0.05, 0.1) is 12.1 Å². The molecule has 0 bridgehead atoms. The molecule has 0 unspecified atom stereocenters. The lowest BCUT2D eigenvalue weighted by Gasteiger charge is -2.19. The Kier molecular flexibility index (Phi) is 4.74. The van der Waals surface area contributed by atoms with Crippen molar-refractivity contribution >= 4 is 11.8 Å². The molecular formula is C15H21N3O2. The first-order valence-corrected chi connectivity index (χ1v) is 6.85. The van der Waals surface area contributed by atoms with Gasteiger partial charge in [0.1, 0.15) is 0 Å². The van der Waals surface area contributed by atoms with Crippen molar-refractivity contribution in [3.63, 3.8) is 0 Å². The van der Waals surface area contributed by atoms with Crippen molar-refractivity contribution in [1.29, 1.82) is 0 Å². The molecule has 0 aliphatic carbocycles. The molecule has 0 radical (unpaired) electrons. The van der Waals surface area contributed by atoms with Crippen LogP contribution in [0.25, 0.3) is 0 Å². The van der Waals surface area contributed by atoms with Gasteiger partial charge in [-0.15, -0.1) is 0 Å². The summed E-state index contributed by atoms with van der Waals surface area (Å²) in [6.07, 6.45) is 0. The molecule has 2 amide bonds. The second-order valence-electron chi connectivity index (χ2n) is 5.29. The summed E-state index contributed by atoms with van der Waals surface area (Å²) in [6, 6.07) is 10.1. The quantitative estimate of drug-likeness (QED) is 0.842. The van der Waals surface area contributed by atoms with Crippen LogP contribution in [-0.4, -0.2) is 41.9 Å². The summed E-state index contributed by atoms with van der Waals surface area (Å²) in [4.78, 5) is 24.8. The predicted octanol–water partition coefficient (Wildman–Crippen LogP) is 0.512. The normalized spacial score (nSPS) is 22.5. The molecule has 1 aliphatic rings. The fraction of sp³-hybridized carbons (Fsp3) is 0.467. The molecule has 0 aromatic heterocycles. The smallest absolute Gasteiger partial charge is 0.217 e. The van der Waals surface area contributed by atoms with E-state index in [1.807, 2.05) is 18.2 Å². The van der Waals surface area contributed by atoms with E-state index in [4.69, 9.17) is 0 Å². The second kappa shape index (κ2) is 6.52. The van der Waals surface area contributed by atoms with Gasteiger partial charge in [-0.1, -0.05) is 30.3 Å². The Hall–Kier alpha value is -1.88. The number of likely N-dealkylation sites (tertiary alicyclic amines) is 1. The van der Waals surface area contributed by atoms with E-state index in [2.05, 4.69) is 27.7 Å². The number of rotatable bonds is 4. The highest BCUT2D eigenvalue weighted by atomic mass is 16.2. The van der Waals surface area contributed by atoms with E-state index < -0.39 is 0 Å². The summed E-state index contributed by atoms with van der Waals surface area (Å²) in [5, 5.41) is 5.84. The number of carbonyl (C=O) groups is 2. The van der Waals surface area contributed by atoms with E-state index in [-0.39, 0.29) is 23.9 Å². The molecule has 5 heteroatoms. The molecule has 1 aromatic carbocycles. The first-order chi connectivity index (χ1) is 9.54. The van der Waals surface area contributed by atoms with Crippen molar-refractivity contribution in [2.75, 3.05) is 13.1 Å². The van der Waals surface area contributed by atoms with Gasteiger partial charge in [0.2, 0.25) is 11.8 Å². The summed E-state index contributed by atoms with van der Waals surface area (Å²) >= 11 is 0. The summed E-state index contributed by atoms with van der Waals surface area (Å²) in [5.41, 5.74) is 1.23. The maximum Gasteiger partial charge on any atom is 0.217 e. The summed E-state index contributed by atoms with van der Waals surface area (Å²) in [5.74, 6) is -0.126. The summed E-state index contributed by atoms with van der Waals surface area (Å²) in [7, 11) is 0. The average Bonchev–Trinajstić information content (AvgIpc) is 2.70. The molecule has 0 saturated carbocycles. The highest BCUT2D eigenvalue weighted by molar-refractivity contribution is 5.75. The van der Waals surface area contributed by atoms with Gasteiger partial charge in [-0.25, -0.2) is 0 Å². The van der Waals surface area contributed by atoms with Crippen LogP contribution in [0.4, 0.5) is 0 Å². The fourth-order valence-corrected chi connectivity index (χ4v) is 2.67. The number of hydrogen-bond donors (Lipinski definition) is 2. The Labute approximate surface area is 119 Å². The van der Waals surface area contributed by atoms with Gasteiger partial charge in [-0.2, -0.15) is 0 Å². The Morgan fingerprint density at radius 3 is 2.00 bits per heavy atom. The minimum absolute atomic E-state index is 0.0277. The van der Waals surface area contributed by atoms with Gasteiger partial charge in [0.25, 0.3) is 0 Å². The molecule has 1 fully saturated rings. The van der Waals surface area contributed by atoms with Crippen LogP contribution in [0.2, 0.25) is 0 Å². The standard InChI is InChI=1S/C15H21N3O2/c1-11(19)16-14-9-18(10-15(14)17-12(2)20)8-13-6-4-3-5-7-13/h3-7,14-15H,8-10H2,1-2H3,(H,16,19)(H,17,20)/t14-,15-/m0/s1. The van der Waals surface area contributed by atoms with Gasteiger partial charge in [-0.3, -0.25) is 14.5 Å². The highest BCUT2D eigenvalue weighted by Crippen LogP contribution is 2.14. The summed E-state index contributed by atoms with van der Waals surface area (Å²) < 4.78 is 0. The number of amides is 2. The minimum atomic E-state index is -0.0630. The van der Waals surface area contributed by atoms with E-state index in [1.165, 1.54) is 19.4 Å². The van der Waals surface area contributed by atoms with Crippen molar-refractivity contribution in [3.05, 3.63) is 35.9 Å². The van der Waals surface area contributed by atoms with Gasteiger partial charge < -0.3 is 10.6 Å². The zero-order valence-electron chi connectivity index (χ0n) is 11.9. The number of carbonyl (C=O) groups excluding carboxylic acids is 2. The van der Waals surface area contributed by atoms with Gasteiger partial charge >= 0.3 is 0 Å². The number of hydrogen-bond acceptors (Lipinski definition) is 3. The average molecular weight is 275 g/mol. The molecule has 2 rings (SSSR count). The Morgan fingerprint density at radius 1 is 1.05 bits per heavy atom. The molecule has 1 aliphatic heterocycles. The molecule has 5 nitrogen and oxygen atoms in total. The lowest BCUT2D eigenvalue weighted by molar-refractivity contribution is -0.122. The maximum absolute atomic E-state index is 11.3. The van der Waals surface area contributed by atoms with E-state index in [0.29, 0.717) is 0 Å². The molecule has 2 atom stereocenters. The SMILES string of the molecule is CC(=O)N[C@H]1CN(Cc2ccccc2)C[C@@H]1NC(C)=O. The number of nitrogens with one attached hydrogen (secondary N) is 2. The van der Waals surface area contributed by atoms with Crippen LogP contribution in [0.5, 0.6) is 0 Å². The third-order valence-electron chi connectivity index (χ3n) is 3.42. The van der Waals surface area contributed by atoms with E-state index in [1.54, 1.807) is 0 Å². The predicted molar refractivity (Wildman–Crippen MR) is 76.9 cm³/mol. The van der Waals surface area contributed by atoms with Crippen molar-refractivity contribution < 1.29 is 9.59 Å². The monoisotopic (exact) mass is 275 g/mol. The van der Waals surface area contributed by atoms with Crippen molar-refractivity contribution in [1.82, 2.24) is 15.5 Å². The van der Waals surface area contributed by atoms with Crippen molar-refractivity contribution in [2.45, 2.75) is 32.5 Å². The topological polar surface area (TPSA) is 61.4 Å². The number of benzene rings is 1. The molecule has 1 saturated heterocycles. The van der Waals surface area contributed by atoms with Crippen LogP contribution in [0.15, 0.2) is 30.3 Å². The van der Waals surface area contributed by atoms with Crippen LogP contribution in [0.1, 0.15) is 19.4 Å². The van der Waals surface area contributed by atoms with E-state index in [9.17, 15) is 9.59 Å². The van der Waals surface area contributed by atoms with Crippen LogP contribution >= 0.6 is 0 Å².